The molecule has 0 bridgehead atoms. The number of carbonyl (C=O) groups is 1. The van der Waals surface area contributed by atoms with Gasteiger partial charge < -0.3 is 10.1 Å². The van der Waals surface area contributed by atoms with Gasteiger partial charge in [-0.3, -0.25) is 4.79 Å². The van der Waals surface area contributed by atoms with E-state index in [4.69, 9.17) is 4.74 Å². The van der Waals surface area contributed by atoms with Gasteiger partial charge in [-0.05, 0) is 25.0 Å². The summed E-state index contributed by atoms with van der Waals surface area (Å²) in [6.07, 6.45) is -0.0806. The van der Waals surface area contributed by atoms with Gasteiger partial charge in [-0.1, -0.05) is 64.9 Å². The van der Waals surface area contributed by atoms with Crippen LogP contribution in [-0.2, 0) is 24.4 Å². The maximum atomic E-state index is 12.5. The molecule has 0 saturated carbocycles. The summed E-state index contributed by atoms with van der Waals surface area (Å²) in [7, 11) is 0. The van der Waals surface area contributed by atoms with Crippen LogP contribution >= 0.6 is 0 Å². The number of ether oxygens (including phenoxy) is 1. The third kappa shape index (κ3) is 3.75. The standard InChI is InChI=1S/C21H22N4O2/c1-14-6-8-17(9-7-14)19-12-25-18(13-27-19)20(23-24-25)21(26)22-11-16-5-3-4-15(2)10-16/h3-10,19H,11-13H2,1-2H3,(H,22,26)/t19-/m0/s1. The Balaban J connectivity index is 1.44. The van der Waals surface area contributed by atoms with Gasteiger partial charge in [0.05, 0.1) is 18.8 Å². The van der Waals surface area contributed by atoms with Crippen molar-refractivity contribution in [2.75, 3.05) is 0 Å². The normalized spacial score (nSPS) is 16.0. The SMILES string of the molecule is Cc1ccc([C@@H]2Cn3nnc(C(=O)NCc4cccc(C)c4)c3CO2)cc1. The molecule has 1 aliphatic rings. The van der Waals surface area contributed by atoms with Crippen LogP contribution in [0.25, 0.3) is 0 Å². The van der Waals surface area contributed by atoms with E-state index in [9.17, 15) is 4.79 Å². The van der Waals surface area contributed by atoms with Crippen molar-refractivity contribution in [1.82, 2.24) is 20.3 Å². The molecule has 27 heavy (non-hydrogen) atoms. The molecule has 6 nitrogen and oxygen atoms in total. The molecule has 2 aromatic carbocycles. The largest absolute Gasteiger partial charge is 0.365 e. The lowest BCUT2D eigenvalue weighted by Crippen LogP contribution is -2.27. The van der Waals surface area contributed by atoms with Crippen molar-refractivity contribution in [3.63, 3.8) is 0 Å². The fraction of sp³-hybridized carbons (Fsp3) is 0.286. The summed E-state index contributed by atoms with van der Waals surface area (Å²) in [6, 6.07) is 16.3. The second-order valence-corrected chi connectivity index (χ2v) is 6.95. The van der Waals surface area contributed by atoms with Gasteiger partial charge in [-0.25, -0.2) is 4.68 Å². The summed E-state index contributed by atoms with van der Waals surface area (Å²) in [6.45, 7) is 5.42. The van der Waals surface area contributed by atoms with Crippen LogP contribution in [0.1, 0.15) is 44.5 Å². The van der Waals surface area contributed by atoms with Crippen molar-refractivity contribution < 1.29 is 9.53 Å². The number of hydrogen-bond acceptors (Lipinski definition) is 4. The van der Waals surface area contributed by atoms with Gasteiger partial charge in [0, 0.05) is 6.54 Å². The molecular weight excluding hydrogens is 340 g/mol. The highest BCUT2D eigenvalue weighted by Crippen LogP contribution is 2.27. The summed E-state index contributed by atoms with van der Waals surface area (Å²) in [4.78, 5) is 12.5. The van der Waals surface area contributed by atoms with Gasteiger partial charge in [0.25, 0.3) is 5.91 Å². The van der Waals surface area contributed by atoms with E-state index in [-0.39, 0.29) is 12.0 Å². The Morgan fingerprint density at radius 3 is 2.78 bits per heavy atom. The summed E-state index contributed by atoms with van der Waals surface area (Å²) in [5, 5.41) is 11.2. The molecular formula is C21H22N4O2. The van der Waals surface area contributed by atoms with Crippen LogP contribution in [0.15, 0.2) is 48.5 Å². The molecule has 138 valence electrons. The zero-order chi connectivity index (χ0) is 18.8. The van der Waals surface area contributed by atoms with Gasteiger partial charge in [-0.2, -0.15) is 0 Å². The number of aromatic nitrogens is 3. The van der Waals surface area contributed by atoms with Gasteiger partial charge in [0.2, 0.25) is 0 Å². The summed E-state index contributed by atoms with van der Waals surface area (Å²) < 4.78 is 7.75. The second-order valence-electron chi connectivity index (χ2n) is 6.95. The van der Waals surface area contributed by atoms with Crippen molar-refractivity contribution in [3.05, 3.63) is 82.2 Å². The first-order valence-electron chi connectivity index (χ1n) is 9.04. The Morgan fingerprint density at radius 2 is 2.00 bits per heavy atom. The van der Waals surface area contributed by atoms with Crippen molar-refractivity contribution in [2.24, 2.45) is 0 Å². The van der Waals surface area contributed by atoms with Crippen LogP contribution in [0.2, 0.25) is 0 Å². The molecule has 0 aliphatic carbocycles. The van der Waals surface area contributed by atoms with E-state index in [1.165, 1.54) is 11.1 Å². The van der Waals surface area contributed by atoms with Gasteiger partial charge in [0.15, 0.2) is 5.69 Å². The number of hydrogen-bond donors (Lipinski definition) is 1. The molecule has 1 N–H and O–H groups in total. The third-order valence-electron chi connectivity index (χ3n) is 4.80. The maximum Gasteiger partial charge on any atom is 0.274 e. The Hall–Kier alpha value is -2.99. The maximum absolute atomic E-state index is 12.5. The zero-order valence-electron chi connectivity index (χ0n) is 15.5. The first-order chi connectivity index (χ1) is 13.1. The molecule has 4 rings (SSSR count). The molecule has 1 aromatic heterocycles. The lowest BCUT2D eigenvalue weighted by Gasteiger charge is -2.24. The van der Waals surface area contributed by atoms with Gasteiger partial charge >= 0.3 is 0 Å². The number of nitrogens with one attached hydrogen (secondary N) is 1. The lowest BCUT2D eigenvalue weighted by atomic mass is 10.1. The average Bonchev–Trinajstić information content (AvgIpc) is 3.10. The molecule has 0 fully saturated rings. The molecule has 6 heteroatoms. The number of carbonyl (C=O) groups excluding carboxylic acids is 1. The van der Waals surface area contributed by atoms with E-state index in [0.717, 1.165) is 16.8 Å². The molecule has 0 unspecified atom stereocenters. The van der Waals surface area contributed by atoms with E-state index < -0.39 is 0 Å². The second kappa shape index (κ2) is 7.32. The van der Waals surface area contributed by atoms with Gasteiger partial charge in [0.1, 0.15) is 6.10 Å². The summed E-state index contributed by atoms with van der Waals surface area (Å²) >= 11 is 0. The minimum atomic E-state index is -0.227. The fourth-order valence-corrected chi connectivity index (χ4v) is 3.26. The van der Waals surface area contributed by atoms with Crippen molar-refractivity contribution in [3.8, 4) is 0 Å². The van der Waals surface area contributed by atoms with Crippen molar-refractivity contribution in [1.29, 1.82) is 0 Å². The number of nitrogens with zero attached hydrogens (tertiary/aromatic N) is 3. The van der Waals surface area contributed by atoms with E-state index in [1.54, 1.807) is 4.68 Å². The Kier molecular flexibility index (Phi) is 4.73. The molecule has 3 aromatic rings. The molecule has 0 spiro atoms. The van der Waals surface area contributed by atoms with E-state index in [2.05, 4.69) is 52.9 Å². The van der Waals surface area contributed by atoms with Crippen LogP contribution in [0, 0.1) is 13.8 Å². The Labute approximate surface area is 158 Å². The van der Waals surface area contributed by atoms with Crippen LogP contribution in [-0.4, -0.2) is 20.9 Å². The lowest BCUT2D eigenvalue weighted by molar-refractivity contribution is -0.00177. The predicted octanol–water partition coefficient (Wildman–Crippen LogP) is 3.10. The van der Waals surface area contributed by atoms with Crippen molar-refractivity contribution >= 4 is 5.91 Å². The van der Waals surface area contributed by atoms with Crippen LogP contribution in [0.5, 0.6) is 0 Å². The molecule has 0 saturated heterocycles. The summed E-state index contributed by atoms with van der Waals surface area (Å²) in [5.41, 5.74) is 5.60. The predicted molar refractivity (Wildman–Crippen MR) is 101 cm³/mol. The topological polar surface area (TPSA) is 69.0 Å². The van der Waals surface area contributed by atoms with Gasteiger partial charge in [-0.15, -0.1) is 5.10 Å². The Morgan fingerprint density at radius 1 is 1.19 bits per heavy atom. The first kappa shape index (κ1) is 17.4. The number of rotatable bonds is 4. The smallest absolute Gasteiger partial charge is 0.274 e. The number of benzene rings is 2. The zero-order valence-corrected chi connectivity index (χ0v) is 15.5. The highest BCUT2D eigenvalue weighted by molar-refractivity contribution is 5.93. The molecule has 1 atom stereocenters. The number of amides is 1. The van der Waals surface area contributed by atoms with E-state index in [0.29, 0.717) is 25.4 Å². The monoisotopic (exact) mass is 362 g/mol. The third-order valence-corrected chi connectivity index (χ3v) is 4.80. The summed E-state index contributed by atoms with van der Waals surface area (Å²) in [5.74, 6) is -0.227. The molecule has 0 radical (unpaired) electrons. The molecule has 1 aliphatic heterocycles. The van der Waals surface area contributed by atoms with Crippen molar-refractivity contribution in [2.45, 2.75) is 39.6 Å². The minimum Gasteiger partial charge on any atom is -0.365 e. The van der Waals surface area contributed by atoms with E-state index >= 15 is 0 Å². The minimum absolute atomic E-state index is 0.0806. The van der Waals surface area contributed by atoms with E-state index in [1.807, 2.05) is 25.1 Å². The fourth-order valence-electron chi connectivity index (χ4n) is 3.26. The van der Waals surface area contributed by atoms with Crippen LogP contribution in [0.3, 0.4) is 0 Å². The first-order valence-corrected chi connectivity index (χ1v) is 9.04. The quantitative estimate of drug-likeness (QED) is 0.774. The molecule has 1 amide bonds. The average molecular weight is 362 g/mol. The number of aryl methyl sites for hydroxylation is 2. The highest BCUT2D eigenvalue weighted by atomic mass is 16.5. The van der Waals surface area contributed by atoms with Crippen LogP contribution in [0.4, 0.5) is 0 Å². The Bertz CT molecular complexity index is 963. The number of fused-ring (bicyclic) bond motifs is 1. The highest BCUT2D eigenvalue weighted by Gasteiger charge is 2.27. The van der Waals surface area contributed by atoms with Crippen LogP contribution < -0.4 is 5.32 Å². The molecule has 2 heterocycles.